The van der Waals surface area contributed by atoms with Crippen molar-refractivity contribution >= 4 is 23.3 Å². The minimum atomic E-state index is -0.275. The highest BCUT2D eigenvalue weighted by atomic mass is 16.5. The molecule has 1 fully saturated rings. The SMILES string of the molecule is O=C(NCCCOCc1ccco1)Nc1cccc(N2CCCCC2=O)c1. The quantitative estimate of drug-likeness (QED) is 0.696. The molecule has 0 atom stereocenters. The molecule has 3 rings (SSSR count). The Balaban J connectivity index is 1.37. The lowest BCUT2D eigenvalue weighted by Crippen LogP contribution is -2.35. The molecule has 0 spiro atoms. The Hall–Kier alpha value is -2.80. The molecule has 27 heavy (non-hydrogen) atoms. The van der Waals surface area contributed by atoms with Crippen molar-refractivity contribution in [3.05, 3.63) is 48.4 Å². The highest BCUT2D eigenvalue weighted by Gasteiger charge is 2.19. The largest absolute Gasteiger partial charge is 0.467 e. The molecule has 3 amide bonds. The van der Waals surface area contributed by atoms with E-state index in [1.165, 1.54) is 0 Å². The molecular weight excluding hydrogens is 346 g/mol. The van der Waals surface area contributed by atoms with Gasteiger partial charge in [-0.15, -0.1) is 0 Å². The summed E-state index contributed by atoms with van der Waals surface area (Å²) in [6.45, 7) is 2.20. The lowest BCUT2D eigenvalue weighted by atomic mass is 10.1. The summed E-state index contributed by atoms with van der Waals surface area (Å²) in [6, 6.07) is 10.8. The van der Waals surface area contributed by atoms with Gasteiger partial charge in [0.2, 0.25) is 5.91 Å². The van der Waals surface area contributed by atoms with E-state index < -0.39 is 0 Å². The number of benzene rings is 1. The van der Waals surface area contributed by atoms with Gasteiger partial charge in [-0.25, -0.2) is 4.79 Å². The van der Waals surface area contributed by atoms with E-state index in [0.717, 1.165) is 30.8 Å². The maximum atomic E-state index is 12.0. The molecule has 0 unspecified atom stereocenters. The third kappa shape index (κ3) is 5.86. The summed E-state index contributed by atoms with van der Waals surface area (Å²) in [5.74, 6) is 0.921. The predicted octanol–water partition coefficient (Wildman–Crippen LogP) is 3.52. The number of rotatable bonds is 8. The maximum Gasteiger partial charge on any atom is 0.319 e. The van der Waals surface area contributed by atoms with Crippen LogP contribution in [0.25, 0.3) is 0 Å². The van der Waals surface area contributed by atoms with Crippen molar-refractivity contribution in [1.82, 2.24) is 5.32 Å². The Labute approximate surface area is 158 Å². The summed E-state index contributed by atoms with van der Waals surface area (Å²) in [5, 5.41) is 5.60. The number of urea groups is 1. The molecule has 1 aromatic carbocycles. The molecule has 0 bridgehead atoms. The lowest BCUT2D eigenvalue weighted by molar-refractivity contribution is -0.119. The maximum absolute atomic E-state index is 12.0. The van der Waals surface area contributed by atoms with E-state index in [1.54, 1.807) is 11.2 Å². The number of hydrogen-bond acceptors (Lipinski definition) is 4. The molecule has 2 heterocycles. The first kappa shape index (κ1) is 19.0. The van der Waals surface area contributed by atoms with Crippen LogP contribution in [0.2, 0.25) is 0 Å². The molecule has 0 saturated carbocycles. The van der Waals surface area contributed by atoms with Crippen LogP contribution in [0.3, 0.4) is 0 Å². The van der Waals surface area contributed by atoms with E-state index in [2.05, 4.69) is 10.6 Å². The minimum absolute atomic E-state index is 0.136. The zero-order chi connectivity index (χ0) is 18.9. The summed E-state index contributed by atoms with van der Waals surface area (Å²) >= 11 is 0. The number of hydrogen-bond donors (Lipinski definition) is 2. The Morgan fingerprint density at radius 3 is 2.96 bits per heavy atom. The smallest absolute Gasteiger partial charge is 0.319 e. The van der Waals surface area contributed by atoms with E-state index in [9.17, 15) is 9.59 Å². The first-order chi connectivity index (χ1) is 13.2. The fourth-order valence-corrected chi connectivity index (χ4v) is 2.95. The number of carbonyl (C=O) groups excluding carboxylic acids is 2. The molecule has 1 saturated heterocycles. The molecule has 7 nitrogen and oxygen atoms in total. The van der Waals surface area contributed by atoms with Gasteiger partial charge in [-0.1, -0.05) is 6.07 Å². The van der Waals surface area contributed by atoms with Gasteiger partial charge in [0, 0.05) is 37.5 Å². The Kier molecular flexibility index (Phi) is 6.87. The van der Waals surface area contributed by atoms with Gasteiger partial charge in [0.1, 0.15) is 12.4 Å². The van der Waals surface area contributed by atoms with Crippen LogP contribution in [0.1, 0.15) is 31.4 Å². The summed E-state index contributed by atoms with van der Waals surface area (Å²) < 4.78 is 10.6. The van der Waals surface area contributed by atoms with Crippen LogP contribution < -0.4 is 15.5 Å². The number of piperidine rings is 1. The predicted molar refractivity (Wildman–Crippen MR) is 103 cm³/mol. The topological polar surface area (TPSA) is 83.8 Å². The van der Waals surface area contributed by atoms with Gasteiger partial charge in [0.05, 0.1) is 6.26 Å². The minimum Gasteiger partial charge on any atom is -0.467 e. The van der Waals surface area contributed by atoms with Gasteiger partial charge in [0.15, 0.2) is 0 Å². The highest BCUT2D eigenvalue weighted by Crippen LogP contribution is 2.23. The van der Waals surface area contributed by atoms with Gasteiger partial charge in [-0.2, -0.15) is 0 Å². The lowest BCUT2D eigenvalue weighted by Gasteiger charge is -2.27. The van der Waals surface area contributed by atoms with Gasteiger partial charge < -0.3 is 24.7 Å². The van der Waals surface area contributed by atoms with Crippen LogP contribution >= 0.6 is 0 Å². The van der Waals surface area contributed by atoms with Crippen molar-refractivity contribution in [2.45, 2.75) is 32.3 Å². The Morgan fingerprint density at radius 1 is 1.22 bits per heavy atom. The monoisotopic (exact) mass is 371 g/mol. The normalized spacial score (nSPS) is 14.2. The van der Waals surface area contributed by atoms with Crippen LogP contribution in [0.5, 0.6) is 0 Å². The average molecular weight is 371 g/mol. The number of ether oxygens (including phenoxy) is 1. The van der Waals surface area contributed by atoms with Gasteiger partial charge >= 0.3 is 6.03 Å². The van der Waals surface area contributed by atoms with Crippen LogP contribution in [-0.4, -0.2) is 31.6 Å². The third-order valence-corrected chi connectivity index (χ3v) is 4.31. The molecule has 2 N–H and O–H groups in total. The van der Waals surface area contributed by atoms with Crippen LogP contribution in [0.15, 0.2) is 47.1 Å². The summed E-state index contributed by atoms with van der Waals surface area (Å²) in [5.41, 5.74) is 1.49. The average Bonchev–Trinajstić information content (AvgIpc) is 3.18. The second-order valence-electron chi connectivity index (χ2n) is 6.42. The highest BCUT2D eigenvalue weighted by molar-refractivity contribution is 5.95. The Bertz CT molecular complexity index is 745. The Morgan fingerprint density at radius 2 is 2.15 bits per heavy atom. The fourth-order valence-electron chi connectivity index (χ4n) is 2.95. The molecule has 2 aromatic rings. The summed E-state index contributed by atoms with van der Waals surface area (Å²) in [6.07, 6.45) is 4.85. The van der Waals surface area contributed by atoms with Crippen LogP contribution in [0.4, 0.5) is 16.2 Å². The first-order valence-corrected chi connectivity index (χ1v) is 9.28. The zero-order valence-corrected chi connectivity index (χ0v) is 15.3. The number of nitrogens with zero attached hydrogens (tertiary/aromatic N) is 1. The number of amides is 3. The summed E-state index contributed by atoms with van der Waals surface area (Å²) in [4.78, 5) is 25.8. The van der Waals surface area contributed by atoms with E-state index in [-0.39, 0.29) is 11.9 Å². The van der Waals surface area contributed by atoms with E-state index in [4.69, 9.17) is 9.15 Å². The van der Waals surface area contributed by atoms with Crippen molar-refractivity contribution in [2.75, 3.05) is 29.9 Å². The molecule has 7 heteroatoms. The number of furan rings is 1. The van der Waals surface area contributed by atoms with E-state index in [0.29, 0.717) is 38.3 Å². The molecule has 1 aromatic heterocycles. The third-order valence-electron chi connectivity index (χ3n) is 4.31. The van der Waals surface area contributed by atoms with Gasteiger partial charge in [-0.05, 0) is 49.6 Å². The molecule has 0 radical (unpaired) electrons. The second-order valence-corrected chi connectivity index (χ2v) is 6.42. The van der Waals surface area contributed by atoms with Crippen molar-refractivity contribution in [3.63, 3.8) is 0 Å². The fraction of sp³-hybridized carbons (Fsp3) is 0.400. The standard InChI is InChI=1S/C20H25N3O4/c24-19-9-1-2-11-23(19)17-7-3-6-16(14-17)22-20(25)21-10-5-12-26-15-18-8-4-13-27-18/h3-4,6-8,13-14H,1-2,5,9-12,15H2,(H2,21,22,25). The van der Waals surface area contributed by atoms with Crippen molar-refractivity contribution < 1.29 is 18.7 Å². The molecular formula is C20H25N3O4. The molecule has 1 aliphatic rings. The van der Waals surface area contributed by atoms with Crippen LogP contribution in [0, 0.1) is 0 Å². The first-order valence-electron chi connectivity index (χ1n) is 9.28. The zero-order valence-electron chi connectivity index (χ0n) is 15.3. The van der Waals surface area contributed by atoms with E-state index >= 15 is 0 Å². The van der Waals surface area contributed by atoms with Crippen molar-refractivity contribution in [1.29, 1.82) is 0 Å². The molecule has 144 valence electrons. The molecule has 1 aliphatic heterocycles. The van der Waals surface area contributed by atoms with Crippen molar-refractivity contribution in [2.24, 2.45) is 0 Å². The van der Waals surface area contributed by atoms with Gasteiger partial charge in [0.25, 0.3) is 0 Å². The number of nitrogens with one attached hydrogen (secondary N) is 2. The second kappa shape index (κ2) is 9.78. The summed E-state index contributed by atoms with van der Waals surface area (Å²) in [7, 11) is 0. The molecule has 0 aliphatic carbocycles. The van der Waals surface area contributed by atoms with Crippen molar-refractivity contribution in [3.8, 4) is 0 Å². The van der Waals surface area contributed by atoms with Gasteiger partial charge in [-0.3, -0.25) is 4.79 Å². The van der Waals surface area contributed by atoms with Crippen LogP contribution in [-0.2, 0) is 16.1 Å². The number of anilines is 2. The number of carbonyl (C=O) groups is 2. The van der Waals surface area contributed by atoms with E-state index in [1.807, 2.05) is 36.4 Å².